The van der Waals surface area contributed by atoms with Crippen molar-refractivity contribution in [2.75, 3.05) is 0 Å². The van der Waals surface area contributed by atoms with Gasteiger partial charge in [-0.05, 0) is 64.0 Å². The van der Waals surface area contributed by atoms with Crippen molar-refractivity contribution >= 4 is 16.6 Å². The molecule has 0 saturated carbocycles. The zero-order valence-corrected chi connectivity index (χ0v) is 26.5. The van der Waals surface area contributed by atoms with Gasteiger partial charge in [-0.15, -0.1) is 0 Å². The predicted octanol–water partition coefficient (Wildman–Crippen LogP) is 7.08. The summed E-state index contributed by atoms with van der Waals surface area (Å²) in [5, 5.41) is 16.1. The standard InChI is InChI=1S/2C9H22OSi.2C3H8O.Ti/c2*1-4-7-11(10,8-5-2)9-6-3;2*1-3(2)4;/h2*10H,4-9H2,1-3H3;2*3-4H,1-2H3;. The molecule has 0 fully saturated rings. The number of hydrogen-bond donors (Lipinski definition) is 4. The van der Waals surface area contributed by atoms with Crippen LogP contribution in [0, 0.1) is 0 Å². The summed E-state index contributed by atoms with van der Waals surface area (Å²) in [5.74, 6) is 0. The van der Waals surface area contributed by atoms with E-state index < -0.39 is 16.6 Å². The molecule has 0 bridgehead atoms. The van der Waals surface area contributed by atoms with Crippen LogP contribution in [0.5, 0.6) is 0 Å². The van der Waals surface area contributed by atoms with E-state index in [2.05, 4.69) is 41.5 Å². The molecule has 0 heterocycles. The summed E-state index contributed by atoms with van der Waals surface area (Å²) in [4.78, 5) is 20.3. The van der Waals surface area contributed by atoms with E-state index in [9.17, 15) is 9.59 Å². The van der Waals surface area contributed by atoms with Gasteiger partial charge in [0, 0.05) is 33.9 Å². The van der Waals surface area contributed by atoms with Crippen molar-refractivity contribution in [3.63, 3.8) is 0 Å². The van der Waals surface area contributed by atoms with Crippen LogP contribution < -0.4 is 0 Å². The Morgan fingerprint density at radius 1 is 0.452 bits per heavy atom. The Hall–Kier alpha value is 0.988. The molecule has 0 aromatic heterocycles. The molecule has 0 aromatic rings. The van der Waals surface area contributed by atoms with Crippen LogP contribution in [0.1, 0.15) is 108 Å². The molecule has 7 heteroatoms. The summed E-state index contributed by atoms with van der Waals surface area (Å²) in [6.45, 7) is 19.9. The molecule has 192 valence electrons. The van der Waals surface area contributed by atoms with Gasteiger partial charge in [0.1, 0.15) is 0 Å². The fourth-order valence-electron chi connectivity index (χ4n) is 3.54. The van der Waals surface area contributed by atoms with Crippen LogP contribution in [0.15, 0.2) is 0 Å². The number of aliphatic hydroxyl groups is 2. The Kier molecular flexibility index (Phi) is 39.5. The minimum absolute atomic E-state index is 0. The molecule has 0 amide bonds. The van der Waals surface area contributed by atoms with Crippen molar-refractivity contribution in [2.24, 2.45) is 0 Å². The van der Waals surface area contributed by atoms with E-state index in [4.69, 9.17) is 10.2 Å². The number of aliphatic hydroxyl groups excluding tert-OH is 2. The summed E-state index contributed by atoms with van der Waals surface area (Å²) in [7, 11) is -3.50. The van der Waals surface area contributed by atoms with Crippen LogP contribution in [0.2, 0.25) is 36.3 Å². The van der Waals surface area contributed by atoms with Gasteiger partial charge in [0.05, 0.1) is 0 Å². The van der Waals surface area contributed by atoms with Crippen LogP contribution in [0.25, 0.3) is 0 Å². The van der Waals surface area contributed by atoms with Crippen molar-refractivity contribution in [3.05, 3.63) is 0 Å². The van der Waals surface area contributed by atoms with Gasteiger partial charge in [-0.1, -0.05) is 80.1 Å². The van der Waals surface area contributed by atoms with Crippen molar-refractivity contribution in [3.8, 4) is 0 Å². The average molecular weight is 517 g/mol. The maximum absolute atomic E-state index is 10.2. The molecular weight excluding hydrogens is 456 g/mol. The molecule has 0 saturated heterocycles. The predicted molar refractivity (Wildman–Crippen MR) is 141 cm³/mol. The van der Waals surface area contributed by atoms with E-state index in [1.807, 2.05) is 0 Å². The monoisotopic (exact) mass is 516 g/mol. The summed E-state index contributed by atoms with van der Waals surface area (Å²) < 4.78 is 0. The Morgan fingerprint density at radius 3 is 0.613 bits per heavy atom. The van der Waals surface area contributed by atoms with Crippen LogP contribution in [0.4, 0.5) is 0 Å². The van der Waals surface area contributed by atoms with Gasteiger partial charge in [-0.2, -0.15) is 0 Å². The molecule has 0 aliphatic heterocycles. The van der Waals surface area contributed by atoms with Crippen molar-refractivity contribution in [1.29, 1.82) is 0 Å². The van der Waals surface area contributed by atoms with E-state index in [1.54, 1.807) is 27.7 Å². The minimum Gasteiger partial charge on any atom is -0.432 e. The van der Waals surface area contributed by atoms with E-state index in [1.165, 1.54) is 0 Å². The Labute approximate surface area is 213 Å². The first-order valence-corrected chi connectivity index (χ1v) is 17.8. The molecular formula is C24H60O4Si2Ti. The zero-order chi connectivity index (χ0) is 24.6. The molecule has 0 aliphatic rings. The second kappa shape index (κ2) is 29.0. The summed E-state index contributed by atoms with van der Waals surface area (Å²) in [6, 6.07) is 6.64. The molecule has 0 unspecified atom stereocenters. The molecule has 4 N–H and O–H groups in total. The summed E-state index contributed by atoms with van der Waals surface area (Å²) >= 11 is 0. The molecule has 0 spiro atoms. The molecule has 0 radical (unpaired) electrons. The number of rotatable bonds is 12. The molecule has 0 aromatic carbocycles. The third kappa shape index (κ3) is 41.7. The van der Waals surface area contributed by atoms with Crippen molar-refractivity contribution < 1.29 is 41.5 Å². The van der Waals surface area contributed by atoms with Crippen LogP contribution in [-0.4, -0.2) is 48.6 Å². The van der Waals surface area contributed by atoms with Gasteiger partial charge in [0.2, 0.25) is 0 Å². The smallest absolute Gasteiger partial charge is 0.188 e. The quantitative estimate of drug-likeness (QED) is 0.209. The van der Waals surface area contributed by atoms with E-state index >= 15 is 0 Å². The first kappa shape index (κ1) is 42.2. The van der Waals surface area contributed by atoms with Gasteiger partial charge in [-0.3, -0.25) is 0 Å². The van der Waals surface area contributed by atoms with Gasteiger partial charge >= 0.3 is 0 Å². The largest absolute Gasteiger partial charge is 0.432 e. The van der Waals surface area contributed by atoms with Crippen molar-refractivity contribution in [1.82, 2.24) is 0 Å². The summed E-state index contributed by atoms with van der Waals surface area (Å²) in [5.41, 5.74) is 0. The fraction of sp³-hybridized carbons (Fsp3) is 1.00. The maximum atomic E-state index is 10.2. The molecule has 0 rings (SSSR count). The van der Waals surface area contributed by atoms with Crippen LogP contribution >= 0.6 is 0 Å². The Morgan fingerprint density at radius 2 is 0.548 bits per heavy atom. The number of hydrogen-bond acceptors (Lipinski definition) is 4. The van der Waals surface area contributed by atoms with Crippen molar-refractivity contribution in [2.45, 2.75) is 156 Å². The maximum Gasteiger partial charge on any atom is 0.188 e. The first-order valence-electron chi connectivity index (χ1n) is 12.6. The first-order chi connectivity index (χ1) is 13.8. The van der Waals surface area contributed by atoms with E-state index in [-0.39, 0.29) is 33.9 Å². The molecule has 31 heavy (non-hydrogen) atoms. The van der Waals surface area contributed by atoms with E-state index in [0.29, 0.717) is 0 Å². The molecule has 4 nitrogen and oxygen atoms in total. The van der Waals surface area contributed by atoms with Gasteiger partial charge in [0.25, 0.3) is 0 Å². The summed E-state index contributed by atoms with van der Waals surface area (Å²) in [6.07, 6.45) is 6.60. The van der Waals surface area contributed by atoms with E-state index in [0.717, 1.165) is 74.8 Å². The van der Waals surface area contributed by atoms with Gasteiger partial charge < -0.3 is 19.8 Å². The fourth-order valence-corrected chi connectivity index (χ4v) is 10.6. The normalized spacial score (nSPS) is 10.8. The topological polar surface area (TPSA) is 80.9 Å². The third-order valence-corrected chi connectivity index (χ3v) is 12.9. The molecule has 0 atom stereocenters. The zero-order valence-electron chi connectivity index (χ0n) is 22.9. The molecule has 0 aliphatic carbocycles. The minimum atomic E-state index is -1.75. The second-order valence-corrected chi connectivity index (χ2v) is 17.0. The van der Waals surface area contributed by atoms with Gasteiger partial charge in [0.15, 0.2) is 16.6 Å². The Balaban J connectivity index is -0.000000106. The van der Waals surface area contributed by atoms with Crippen LogP contribution in [0.3, 0.4) is 0 Å². The van der Waals surface area contributed by atoms with Crippen LogP contribution in [-0.2, 0) is 21.7 Å². The second-order valence-electron chi connectivity index (χ2n) is 9.14. The Bertz CT molecular complexity index is 250. The third-order valence-electron chi connectivity index (χ3n) is 4.29. The SMILES string of the molecule is CC(C)O.CC(C)O.CCC[Si](O)(CCC)CCC.CCC[Si](O)(CCC)CCC.[Ti]. The average Bonchev–Trinajstić information content (AvgIpc) is 2.55. The van der Waals surface area contributed by atoms with Gasteiger partial charge in [-0.25, -0.2) is 0 Å².